The van der Waals surface area contributed by atoms with Crippen LogP contribution in [-0.2, 0) is 4.79 Å². The molecule has 126 valence electrons. The molecule has 2 aliphatic rings. The molecular weight excluding hydrogens is 319 g/mol. The Hall–Kier alpha value is -1.47. The third kappa shape index (κ3) is 4.51. The van der Waals surface area contributed by atoms with Gasteiger partial charge in [0.05, 0.1) is 12.0 Å². The number of amides is 1. The Morgan fingerprint density at radius 2 is 2.09 bits per heavy atom. The number of benzene rings is 1. The van der Waals surface area contributed by atoms with E-state index in [0.717, 1.165) is 25.1 Å². The van der Waals surface area contributed by atoms with E-state index in [9.17, 15) is 9.18 Å². The van der Waals surface area contributed by atoms with Crippen molar-refractivity contribution in [1.29, 1.82) is 0 Å². The molecule has 0 spiro atoms. The third-order valence-corrected chi connectivity index (χ3v) is 4.20. The fourth-order valence-electron chi connectivity index (χ4n) is 2.89. The van der Waals surface area contributed by atoms with Crippen molar-refractivity contribution in [1.82, 2.24) is 21.5 Å². The van der Waals surface area contributed by atoms with Gasteiger partial charge in [0.25, 0.3) is 0 Å². The van der Waals surface area contributed by atoms with Crippen LogP contribution in [-0.4, -0.2) is 32.1 Å². The Morgan fingerprint density at radius 3 is 2.78 bits per heavy atom. The van der Waals surface area contributed by atoms with Crippen LogP contribution in [0, 0.1) is 11.7 Å². The second-order valence-corrected chi connectivity index (χ2v) is 5.70. The maximum absolute atomic E-state index is 13.0. The molecule has 1 aromatic rings. The van der Waals surface area contributed by atoms with Gasteiger partial charge in [0.1, 0.15) is 5.82 Å². The van der Waals surface area contributed by atoms with Crippen LogP contribution >= 0.6 is 12.4 Å². The van der Waals surface area contributed by atoms with Gasteiger partial charge in [-0.15, -0.1) is 12.4 Å². The summed E-state index contributed by atoms with van der Waals surface area (Å²) in [4.78, 5) is 12.4. The highest BCUT2D eigenvalue weighted by atomic mass is 35.5. The van der Waals surface area contributed by atoms with Crippen LogP contribution in [0.4, 0.5) is 4.39 Å². The lowest BCUT2D eigenvalue weighted by atomic mass is 9.94. The summed E-state index contributed by atoms with van der Waals surface area (Å²) in [5, 5.41) is 6.27. The van der Waals surface area contributed by atoms with Gasteiger partial charge >= 0.3 is 0 Å². The van der Waals surface area contributed by atoms with Gasteiger partial charge in [0.2, 0.25) is 5.91 Å². The molecule has 23 heavy (non-hydrogen) atoms. The van der Waals surface area contributed by atoms with Gasteiger partial charge in [-0.2, -0.15) is 0 Å². The summed E-state index contributed by atoms with van der Waals surface area (Å²) in [6, 6.07) is 6.14. The molecule has 0 saturated carbocycles. The fraction of sp³-hybridized carbons (Fsp3) is 0.438. The monoisotopic (exact) mass is 340 g/mol. The third-order valence-electron chi connectivity index (χ3n) is 4.20. The minimum atomic E-state index is -0.270. The summed E-state index contributed by atoms with van der Waals surface area (Å²) < 4.78 is 13.0. The molecule has 0 aromatic heterocycles. The summed E-state index contributed by atoms with van der Waals surface area (Å²) in [5.41, 5.74) is 8.31. The average molecular weight is 341 g/mol. The highest BCUT2D eigenvalue weighted by Crippen LogP contribution is 2.25. The van der Waals surface area contributed by atoms with Crippen molar-refractivity contribution in [2.45, 2.75) is 12.5 Å². The maximum Gasteiger partial charge on any atom is 0.226 e. The summed E-state index contributed by atoms with van der Waals surface area (Å²) in [7, 11) is 0. The van der Waals surface area contributed by atoms with E-state index in [0.29, 0.717) is 13.1 Å². The zero-order valence-corrected chi connectivity index (χ0v) is 13.6. The predicted molar refractivity (Wildman–Crippen MR) is 89.6 cm³/mol. The smallest absolute Gasteiger partial charge is 0.226 e. The number of carbonyl (C=O) groups excluding carboxylic acids is 1. The van der Waals surface area contributed by atoms with Gasteiger partial charge in [0.15, 0.2) is 0 Å². The van der Waals surface area contributed by atoms with Crippen LogP contribution in [0.1, 0.15) is 18.0 Å². The molecule has 1 aromatic carbocycles. The first-order valence-electron chi connectivity index (χ1n) is 7.64. The largest absolute Gasteiger partial charge is 0.352 e. The topological polar surface area (TPSA) is 65.2 Å². The quantitative estimate of drug-likeness (QED) is 0.619. The van der Waals surface area contributed by atoms with E-state index < -0.39 is 0 Å². The lowest BCUT2D eigenvalue weighted by molar-refractivity contribution is -0.124. The van der Waals surface area contributed by atoms with E-state index in [-0.39, 0.29) is 36.1 Å². The zero-order chi connectivity index (χ0) is 15.4. The Kier molecular flexibility index (Phi) is 6.53. The number of nitrogens with one attached hydrogen (secondary N) is 4. The van der Waals surface area contributed by atoms with Crippen molar-refractivity contribution in [3.05, 3.63) is 47.3 Å². The summed E-state index contributed by atoms with van der Waals surface area (Å²) in [5.74, 6) is -0.451. The second kappa shape index (κ2) is 8.40. The van der Waals surface area contributed by atoms with E-state index in [4.69, 9.17) is 0 Å². The van der Waals surface area contributed by atoms with Gasteiger partial charge in [-0.25, -0.2) is 9.82 Å². The number of hydrogen-bond acceptors (Lipinski definition) is 4. The van der Waals surface area contributed by atoms with Gasteiger partial charge in [0, 0.05) is 19.6 Å². The van der Waals surface area contributed by atoms with Crippen molar-refractivity contribution in [2.24, 2.45) is 5.92 Å². The molecule has 0 bridgehead atoms. The Bertz CT molecular complexity index is 564. The van der Waals surface area contributed by atoms with Crippen LogP contribution in [0.2, 0.25) is 0 Å². The second-order valence-electron chi connectivity index (χ2n) is 5.70. The molecule has 1 saturated heterocycles. The average Bonchev–Trinajstić information content (AvgIpc) is 3.04. The predicted octanol–water partition coefficient (Wildman–Crippen LogP) is 1.05. The molecule has 1 fully saturated rings. The molecule has 4 N–H and O–H groups in total. The number of halogens is 2. The Morgan fingerprint density at radius 1 is 1.30 bits per heavy atom. The lowest BCUT2D eigenvalue weighted by Gasteiger charge is -2.20. The molecule has 0 aliphatic carbocycles. The maximum atomic E-state index is 13.0. The molecule has 5 nitrogen and oxygen atoms in total. The van der Waals surface area contributed by atoms with Crippen LogP contribution in [0.5, 0.6) is 0 Å². The SMILES string of the molecule is Cl.O=C(NCC1=CCNCC1)C1CNNC1c1ccc(F)cc1. The first-order valence-corrected chi connectivity index (χ1v) is 7.64. The summed E-state index contributed by atoms with van der Waals surface area (Å²) >= 11 is 0. The van der Waals surface area contributed by atoms with E-state index in [2.05, 4.69) is 27.6 Å². The van der Waals surface area contributed by atoms with Gasteiger partial charge in [-0.1, -0.05) is 23.8 Å². The summed E-state index contributed by atoms with van der Waals surface area (Å²) in [6.45, 7) is 3.00. The van der Waals surface area contributed by atoms with Crippen LogP contribution in [0.25, 0.3) is 0 Å². The van der Waals surface area contributed by atoms with Crippen LogP contribution in [0.3, 0.4) is 0 Å². The Balaban J connectivity index is 0.00000192. The van der Waals surface area contributed by atoms with E-state index in [1.54, 1.807) is 12.1 Å². The molecule has 0 radical (unpaired) electrons. The molecule has 2 aliphatic heterocycles. The fourth-order valence-corrected chi connectivity index (χ4v) is 2.89. The van der Waals surface area contributed by atoms with Crippen molar-refractivity contribution >= 4 is 18.3 Å². The molecular formula is C16H22ClFN4O. The molecule has 7 heteroatoms. The van der Waals surface area contributed by atoms with Crippen molar-refractivity contribution in [2.75, 3.05) is 26.2 Å². The number of rotatable bonds is 4. The lowest BCUT2D eigenvalue weighted by Crippen LogP contribution is -2.37. The first kappa shape index (κ1) is 17.9. The normalized spacial score (nSPS) is 23.8. The molecule has 1 amide bonds. The minimum Gasteiger partial charge on any atom is -0.352 e. The zero-order valence-electron chi connectivity index (χ0n) is 12.8. The number of carbonyl (C=O) groups is 1. The number of hydrogen-bond donors (Lipinski definition) is 4. The molecule has 2 atom stereocenters. The highest BCUT2D eigenvalue weighted by Gasteiger charge is 2.33. The minimum absolute atomic E-state index is 0. The van der Waals surface area contributed by atoms with Gasteiger partial charge < -0.3 is 10.6 Å². The van der Waals surface area contributed by atoms with E-state index >= 15 is 0 Å². The van der Waals surface area contributed by atoms with E-state index in [1.165, 1.54) is 17.7 Å². The first-order chi connectivity index (χ1) is 10.7. The standard InChI is InChI=1S/C16H21FN4O.ClH/c17-13-3-1-12(2-4-13)15-14(10-20-21-15)16(22)19-9-11-5-7-18-8-6-11;/h1-5,14-15,18,20-21H,6-10H2,(H,19,22);1H. The Labute approximate surface area is 141 Å². The van der Waals surface area contributed by atoms with Crippen LogP contribution in [0.15, 0.2) is 35.9 Å². The van der Waals surface area contributed by atoms with E-state index in [1.807, 2.05) is 0 Å². The molecule has 2 unspecified atom stereocenters. The highest BCUT2D eigenvalue weighted by molar-refractivity contribution is 5.85. The van der Waals surface area contributed by atoms with Crippen molar-refractivity contribution in [3.8, 4) is 0 Å². The van der Waals surface area contributed by atoms with Gasteiger partial charge in [-0.3, -0.25) is 10.2 Å². The molecule has 3 rings (SSSR count). The molecule has 2 heterocycles. The van der Waals surface area contributed by atoms with Crippen LogP contribution < -0.4 is 21.5 Å². The van der Waals surface area contributed by atoms with Crippen molar-refractivity contribution < 1.29 is 9.18 Å². The van der Waals surface area contributed by atoms with Gasteiger partial charge in [-0.05, 0) is 30.7 Å². The van der Waals surface area contributed by atoms with Crippen molar-refractivity contribution in [3.63, 3.8) is 0 Å². The summed E-state index contributed by atoms with van der Waals surface area (Å²) in [6.07, 6.45) is 3.11. The number of hydrazine groups is 1.